The van der Waals surface area contributed by atoms with Crippen molar-refractivity contribution in [3.8, 4) is 12.0 Å². The summed E-state index contributed by atoms with van der Waals surface area (Å²) in [5.74, 6) is 0.231. The van der Waals surface area contributed by atoms with Crippen LogP contribution < -0.4 is 9.47 Å². The zero-order valence-corrected chi connectivity index (χ0v) is 10.1. The van der Waals surface area contributed by atoms with E-state index in [0.717, 1.165) is 5.56 Å². The number of ether oxygens (including phenoxy) is 2. The van der Waals surface area contributed by atoms with E-state index in [1.807, 2.05) is 0 Å². The lowest BCUT2D eigenvalue weighted by atomic mass is 10.1. The molecule has 2 rings (SSSR count). The van der Waals surface area contributed by atoms with Crippen LogP contribution in [0.5, 0.6) is 12.0 Å². The van der Waals surface area contributed by atoms with Crippen LogP contribution in [0.25, 0.3) is 0 Å². The van der Waals surface area contributed by atoms with Crippen molar-refractivity contribution < 1.29 is 13.9 Å². The van der Waals surface area contributed by atoms with Gasteiger partial charge in [0.2, 0.25) is 0 Å². The highest BCUT2D eigenvalue weighted by molar-refractivity contribution is 5.20. The zero-order valence-electron chi connectivity index (χ0n) is 10.1. The van der Waals surface area contributed by atoms with Crippen LogP contribution in [0.4, 0.5) is 4.39 Å². The van der Waals surface area contributed by atoms with Crippen molar-refractivity contribution in [1.82, 2.24) is 15.0 Å². The van der Waals surface area contributed by atoms with E-state index in [1.165, 1.54) is 26.4 Å². The molecule has 0 atom stereocenters. The van der Waals surface area contributed by atoms with Gasteiger partial charge >= 0.3 is 12.0 Å². The minimum atomic E-state index is -0.274. The Morgan fingerprint density at radius 1 is 0.944 bits per heavy atom. The van der Waals surface area contributed by atoms with E-state index in [0.29, 0.717) is 12.2 Å². The van der Waals surface area contributed by atoms with Crippen LogP contribution in [0.3, 0.4) is 0 Å². The van der Waals surface area contributed by atoms with E-state index in [2.05, 4.69) is 15.0 Å². The summed E-state index contributed by atoms with van der Waals surface area (Å²) in [5.41, 5.74) is 0.895. The van der Waals surface area contributed by atoms with Crippen LogP contribution in [-0.4, -0.2) is 29.2 Å². The molecule has 0 bridgehead atoms. The molecule has 2 aromatic rings. The third-order valence-corrected chi connectivity index (χ3v) is 2.28. The number of hydrogen-bond donors (Lipinski definition) is 0. The SMILES string of the molecule is COc1nc(Cc2ccc(F)cc2)nc(OC)n1. The maximum Gasteiger partial charge on any atom is 0.322 e. The normalized spacial score (nSPS) is 10.2. The Bertz CT molecular complexity index is 509. The minimum Gasteiger partial charge on any atom is -0.467 e. The Morgan fingerprint density at radius 2 is 1.50 bits per heavy atom. The first-order chi connectivity index (χ1) is 8.71. The molecule has 0 aliphatic carbocycles. The molecule has 5 nitrogen and oxygen atoms in total. The number of rotatable bonds is 4. The molecule has 0 fully saturated rings. The largest absolute Gasteiger partial charge is 0.467 e. The van der Waals surface area contributed by atoms with Crippen molar-refractivity contribution in [2.45, 2.75) is 6.42 Å². The molecule has 0 N–H and O–H groups in total. The standard InChI is InChI=1S/C12H12FN3O2/c1-17-11-14-10(15-12(16-11)18-2)7-8-3-5-9(13)6-4-8/h3-6H,7H2,1-2H3. The van der Waals surface area contributed by atoms with E-state index in [4.69, 9.17) is 9.47 Å². The van der Waals surface area contributed by atoms with Crippen molar-refractivity contribution >= 4 is 0 Å². The fourth-order valence-electron chi connectivity index (χ4n) is 1.42. The molecule has 0 aliphatic rings. The molecule has 1 aromatic carbocycles. The molecule has 0 saturated heterocycles. The van der Waals surface area contributed by atoms with Crippen molar-refractivity contribution in [3.63, 3.8) is 0 Å². The predicted molar refractivity (Wildman–Crippen MR) is 62.1 cm³/mol. The Morgan fingerprint density at radius 3 is 2.00 bits per heavy atom. The average Bonchev–Trinajstić information content (AvgIpc) is 2.41. The van der Waals surface area contributed by atoms with Crippen LogP contribution >= 0.6 is 0 Å². The molecule has 0 unspecified atom stereocenters. The predicted octanol–water partition coefficient (Wildman–Crippen LogP) is 1.62. The van der Waals surface area contributed by atoms with Crippen molar-refractivity contribution in [2.24, 2.45) is 0 Å². The first kappa shape index (κ1) is 12.2. The summed E-state index contributed by atoms with van der Waals surface area (Å²) >= 11 is 0. The minimum absolute atomic E-state index is 0.193. The van der Waals surface area contributed by atoms with Gasteiger partial charge in [-0.2, -0.15) is 9.97 Å². The summed E-state index contributed by atoms with van der Waals surface area (Å²) in [7, 11) is 2.94. The van der Waals surface area contributed by atoms with E-state index in [-0.39, 0.29) is 17.8 Å². The molecule has 6 heteroatoms. The molecular formula is C12H12FN3O2. The number of halogens is 1. The van der Waals surface area contributed by atoms with Crippen LogP contribution in [-0.2, 0) is 6.42 Å². The summed E-state index contributed by atoms with van der Waals surface area (Å²) in [6, 6.07) is 6.53. The van der Waals surface area contributed by atoms with Gasteiger partial charge in [0.15, 0.2) is 0 Å². The third-order valence-electron chi connectivity index (χ3n) is 2.28. The quantitative estimate of drug-likeness (QED) is 0.824. The van der Waals surface area contributed by atoms with Gasteiger partial charge in [0, 0.05) is 6.42 Å². The third kappa shape index (κ3) is 2.91. The van der Waals surface area contributed by atoms with Gasteiger partial charge in [-0.3, -0.25) is 0 Å². The van der Waals surface area contributed by atoms with Gasteiger partial charge < -0.3 is 9.47 Å². The van der Waals surface area contributed by atoms with Gasteiger partial charge in [0.25, 0.3) is 0 Å². The number of hydrogen-bond acceptors (Lipinski definition) is 5. The molecule has 94 valence electrons. The number of nitrogens with zero attached hydrogens (tertiary/aromatic N) is 3. The summed E-state index contributed by atoms with van der Waals surface area (Å²) in [6.07, 6.45) is 0.454. The van der Waals surface area contributed by atoms with Gasteiger partial charge in [-0.15, -0.1) is 4.98 Å². The fraction of sp³-hybridized carbons (Fsp3) is 0.250. The maximum absolute atomic E-state index is 12.8. The molecule has 0 aliphatic heterocycles. The Kier molecular flexibility index (Phi) is 3.66. The van der Waals surface area contributed by atoms with Crippen LogP contribution in [0.15, 0.2) is 24.3 Å². The fourth-order valence-corrected chi connectivity index (χ4v) is 1.42. The second kappa shape index (κ2) is 5.39. The lowest BCUT2D eigenvalue weighted by Gasteiger charge is -2.05. The van der Waals surface area contributed by atoms with E-state index in [1.54, 1.807) is 12.1 Å². The Labute approximate surface area is 104 Å². The van der Waals surface area contributed by atoms with Gasteiger partial charge in [-0.1, -0.05) is 12.1 Å². The summed E-state index contributed by atoms with van der Waals surface area (Å²) < 4.78 is 22.7. The number of benzene rings is 1. The second-order valence-electron chi connectivity index (χ2n) is 3.53. The second-order valence-corrected chi connectivity index (χ2v) is 3.53. The summed E-state index contributed by atoms with van der Waals surface area (Å²) in [4.78, 5) is 12.1. The first-order valence-electron chi connectivity index (χ1n) is 5.28. The molecule has 0 saturated carbocycles. The molecular weight excluding hydrogens is 237 g/mol. The highest BCUT2D eigenvalue weighted by Gasteiger charge is 2.07. The van der Waals surface area contributed by atoms with E-state index < -0.39 is 0 Å². The molecule has 0 amide bonds. The summed E-state index contributed by atoms with van der Waals surface area (Å²) in [5, 5.41) is 0. The Balaban J connectivity index is 2.25. The van der Waals surface area contributed by atoms with Crippen LogP contribution in [0, 0.1) is 5.82 Å². The van der Waals surface area contributed by atoms with Gasteiger partial charge in [0.1, 0.15) is 11.6 Å². The van der Waals surface area contributed by atoms with Gasteiger partial charge in [-0.25, -0.2) is 4.39 Å². The number of aromatic nitrogens is 3. The van der Waals surface area contributed by atoms with Crippen LogP contribution in [0.1, 0.15) is 11.4 Å². The maximum atomic E-state index is 12.8. The van der Waals surface area contributed by atoms with Gasteiger partial charge in [0.05, 0.1) is 14.2 Å². The topological polar surface area (TPSA) is 57.1 Å². The average molecular weight is 249 g/mol. The smallest absolute Gasteiger partial charge is 0.322 e. The van der Waals surface area contributed by atoms with Gasteiger partial charge in [-0.05, 0) is 17.7 Å². The molecule has 0 spiro atoms. The lowest BCUT2D eigenvalue weighted by Crippen LogP contribution is -2.04. The molecule has 1 aromatic heterocycles. The summed E-state index contributed by atoms with van der Waals surface area (Å²) in [6.45, 7) is 0. The first-order valence-corrected chi connectivity index (χ1v) is 5.28. The van der Waals surface area contributed by atoms with Crippen molar-refractivity contribution in [2.75, 3.05) is 14.2 Å². The van der Waals surface area contributed by atoms with Crippen molar-refractivity contribution in [3.05, 3.63) is 41.5 Å². The molecule has 18 heavy (non-hydrogen) atoms. The van der Waals surface area contributed by atoms with Crippen molar-refractivity contribution in [1.29, 1.82) is 0 Å². The monoisotopic (exact) mass is 249 g/mol. The molecule has 1 heterocycles. The highest BCUT2D eigenvalue weighted by Crippen LogP contribution is 2.12. The number of methoxy groups -OCH3 is 2. The Hall–Kier alpha value is -2.24. The van der Waals surface area contributed by atoms with Crippen LogP contribution in [0.2, 0.25) is 0 Å². The highest BCUT2D eigenvalue weighted by atomic mass is 19.1. The van der Waals surface area contributed by atoms with E-state index in [9.17, 15) is 4.39 Å². The molecule has 0 radical (unpaired) electrons. The van der Waals surface area contributed by atoms with E-state index >= 15 is 0 Å². The lowest BCUT2D eigenvalue weighted by molar-refractivity contribution is 0.337. The zero-order chi connectivity index (χ0) is 13.0.